The second kappa shape index (κ2) is 11.3. The van der Waals surface area contributed by atoms with Crippen LogP contribution in [0.3, 0.4) is 0 Å². The zero-order valence-electron chi connectivity index (χ0n) is 32.8. The highest BCUT2D eigenvalue weighted by Crippen LogP contribution is 2.58. The molecule has 0 spiro atoms. The molecule has 44 heavy (non-hydrogen) atoms. The molecule has 3 rings (SSSR count). The van der Waals surface area contributed by atoms with Gasteiger partial charge in [0.2, 0.25) is 0 Å². The highest BCUT2D eigenvalue weighted by molar-refractivity contribution is 8.07. The van der Waals surface area contributed by atoms with Gasteiger partial charge in [-0.15, -0.1) is 7.17 Å². The highest BCUT2D eigenvalue weighted by atomic mass is 31.2. The van der Waals surface area contributed by atoms with Gasteiger partial charge < -0.3 is 0 Å². The smallest absolute Gasteiger partial charge is 0.00590 e. The Morgan fingerprint density at radius 3 is 0.750 bits per heavy atom. The third kappa shape index (κ3) is 7.55. The number of hydrogen-bond donors (Lipinski definition) is 0. The van der Waals surface area contributed by atoms with Gasteiger partial charge in [-0.1, -0.05) is 170 Å². The summed E-state index contributed by atoms with van der Waals surface area (Å²) in [5, 5.41) is 3.67. The van der Waals surface area contributed by atoms with E-state index in [1.54, 1.807) is 43.4 Å². The molecule has 0 unspecified atom stereocenters. The fourth-order valence-corrected chi connectivity index (χ4v) is 13.3. The topological polar surface area (TPSA) is 0 Å². The SMILES string of the molecule is CC(C)(C)c1cc(C(C)(C)C)c(C2=P(C(C)(C)C)=C(c3c(C(C)(C)C)cc(C(C)(C)C)cc3C(C)(C)C)P2)c(C(C)(C)C)c1. The zero-order valence-corrected chi connectivity index (χ0v) is 34.7. The Morgan fingerprint density at radius 1 is 0.364 bits per heavy atom. The number of hydrogen-bond acceptors (Lipinski definition) is 0. The predicted octanol–water partition coefficient (Wildman–Crippen LogP) is 13.1. The first-order valence-electron chi connectivity index (χ1n) is 17.0. The second-order valence-electron chi connectivity index (χ2n) is 20.7. The average molecular weight is 635 g/mol. The summed E-state index contributed by atoms with van der Waals surface area (Å²) < 4.78 is 0. The van der Waals surface area contributed by atoms with Gasteiger partial charge in [0.15, 0.2) is 0 Å². The monoisotopic (exact) mass is 634 g/mol. The van der Waals surface area contributed by atoms with E-state index in [9.17, 15) is 0 Å². The third-order valence-corrected chi connectivity index (χ3v) is 14.7. The maximum absolute atomic E-state index is 2.58. The summed E-state index contributed by atoms with van der Waals surface area (Å²) in [4.78, 5) is 0. The van der Waals surface area contributed by atoms with E-state index in [1.807, 2.05) is 0 Å². The van der Waals surface area contributed by atoms with Crippen LogP contribution >= 0.6 is 15.7 Å². The Balaban J connectivity index is 2.71. The van der Waals surface area contributed by atoms with Crippen LogP contribution in [0, 0.1) is 0 Å². The molecule has 0 bridgehead atoms. The second-order valence-corrected chi connectivity index (χ2v) is 25.7. The molecule has 0 nitrogen and oxygen atoms in total. The van der Waals surface area contributed by atoms with Gasteiger partial charge >= 0.3 is 0 Å². The van der Waals surface area contributed by atoms with Gasteiger partial charge in [-0.25, -0.2) is 0 Å². The molecule has 0 N–H and O–H groups in total. The van der Waals surface area contributed by atoms with Gasteiger partial charge in [-0.3, -0.25) is 0 Å². The lowest BCUT2D eigenvalue weighted by Crippen LogP contribution is -2.31. The Kier molecular flexibility index (Phi) is 9.57. The summed E-state index contributed by atoms with van der Waals surface area (Å²) in [5.74, 6) is 0. The van der Waals surface area contributed by atoms with E-state index in [1.165, 1.54) is 11.1 Å². The zero-order chi connectivity index (χ0) is 34.4. The van der Waals surface area contributed by atoms with Crippen LogP contribution < -0.4 is 0 Å². The standard InChI is InChI=1S/C42H68P2/c1-36(2,3)26-22-28(38(7,8)9)32(29(23-26)39(10,11)12)34-43-35(44(34)42(19,20)21)33-30(40(13,14)15)24-27(37(4,5)6)25-31(33)41(16,17)18/h22-25,43H,1-21H3. The van der Waals surface area contributed by atoms with Crippen LogP contribution in [0.2, 0.25) is 0 Å². The quantitative estimate of drug-likeness (QED) is 0.288. The van der Waals surface area contributed by atoms with Crippen LogP contribution in [0.5, 0.6) is 0 Å². The Labute approximate surface area is 276 Å². The molecule has 0 aliphatic carbocycles. The maximum Gasteiger partial charge on any atom is 0.00590 e. The van der Waals surface area contributed by atoms with Gasteiger partial charge in [0, 0.05) is 15.2 Å². The molecule has 0 amide bonds. The fraction of sp³-hybridized carbons (Fsp3) is 0.667. The lowest BCUT2D eigenvalue weighted by Gasteiger charge is -2.41. The van der Waals surface area contributed by atoms with Gasteiger partial charge in [0.1, 0.15) is 0 Å². The lowest BCUT2D eigenvalue weighted by molar-refractivity contribution is 0.546. The van der Waals surface area contributed by atoms with Gasteiger partial charge in [0.25, 0.3) is 0 Å². The molecule has 0 saturated carbocycles. The molecule has 1 heterocycles. The van der Waals surface area contributed by atoms with E-state index in [2.05, 4.69) is 170 Å². The molecule has 0 radical (unpaired) electrons. The van der Waals surface area contributed by atoms with E-state index in [-0.39, 0.29) is 37.6 Å². The maximum atomic E-state index is 2.58. The Bertz CT molecular complexity index is 1340. The van der Waals surface area contributed by atoms with E-state index >= 15 is 0 Å². The van der Waals surface area contributed by atoms with Gasteiger partial charge in [-0.2, -0.15) is 0 Å². The van der Waals surface area contributed by atoms with Crippen LogP contribution in [-0.4, -0.2) is 15.2 Å². The van der Waals surface area contributed by atoms with Crippen molar-refractivity contribution >= 4 is 25.8 Å². The minimum atomic E-state index is -0.502. The van der Waals surface area contributed by atoms with Crippen molar-refractivity contribution in [2.75, 3.05) is 0 Å². The summed E-state index contributed by atoms with van der Waals surface area (Å²) in [6.07, 6.45) is 0. The molecule has 0 aromatic heterocycles. The van der Waals surface area contributed by atoms with Crippen LogP contribution in [0.4, 0.5) is 0 Å². The van der Waals surface area contributed by atoms with E-state index in [0.29, 0.717) is 0 Å². The Hall–Kier alpha value is -1.09. The molecule has 0 fully saturated rings. The first-order chi connectivity index (χ1) is 19.3. The van der Waals surface area contributed by atoms with Crippen molar-refractivity contribution in [3.8, 4) is 0 Å². The lowest BCUT2D eigenvalue weighted by atomic mass is 9.72. The number of rotatable bonds is 2. The van der Waals surface area contributed by atoms with Crippen molar-refractivity contribution in [1.82, 2.24) is 0 Å². The highest BCUT2D eigenvalue weighted by Gasteiger charge is 2.39. The van der Waals surface area contributed by atoms with Crippen molar-refractivity contribution in [2.45, 2.75) is 183 Å². The van der Waals surface area contributed by atoms with Gasteiger partial charge in [0.05, 0.1) is 0 Å². The molecular formula is C42H68P2. The minimum Gasteiger partial charge on any atom is -0.102 e. The molecule has 1 aliphatic rings. The summed E-state index contributed by atoms with van der Waals surface area (Å²) in [6.45, 7) is 50.9. The molecule has 2 aromatic rings. The molecule has 0 saturated heterocycles. The summed E-state index contributed by atoms with van der Waals surface area (Å²) in [5.41, 5.74) is 12.8. The predicted molar refractivity (Wildman–Crippen MR) is 208 cm³/mol. The summed E-state index contributed by atoms with van der Waals surface area (Å²) >= 11 is 0. The first kappa shape index (κ1) is 37.4. The van der Waals surface area contributed by atoms with Crippen molar-refractivity contribution < 1.29 is 0 Å². The van der Waals surface area contributed by atoms with Crippen LogP contribution in [0.1, 0.15) is 190 Å². The fourth-order valence-electron chi connectivity index (χ4n) is 6.33. The largest absolute Gasteiger partial charge is 0.102 e. The summed E-state index contributed by atoms with van der Waals surface area (Å²) in [6, 6.07) is 10.3. The van der Waals surface area contributed by atoms with E-state index in [4.69, 9.17) is 0 Å². The van der Waals surface area contributed by atoms with Crippen LogP contribution in [0.25, 0.3) is 0 Å². The van der Waals surface area contributed by atoms with Crippen molar-refractivity contribution in [2.24, 2.45) is 0 Å². The van der Waals surface area contributed by atoms with Crippen molar-refractivity contribution in [3.05, 3.63) is 68.8 Å². The van der Waals surface area contributed by atoms with Crippen molar-refractivity contribution in [3.63, 3.8) is 0 Å². The van der Waals surface area contributed by atoms with E-state index < -0.39 is 7.17 Å². The molecule has 2 heteroatoms. The van der Waals surface area contributed by atoms with Crippen LogP contribution in [-0.2, 0) is 32.5 Å². The molecule has 246 valence electrons. The normalized spacial score (nSPS) is 17.4. The Morgan fingerprint density at radius 2 is 0.591 bits per heavy atom. The summed E-state index contributed by atoms with van der Waals surface area (Å²) in [7, 11) is 0.241. The average Bonchev–Trinajstić information content (AvgIpc) is 2.72. The van der Waals surface area contributed by atoms with E-state index in [0.717, 1.165) is 8.58 Å². The first-order valence-corrected chi connectivity index (χ1v) is 19.3. The third-order valence-electron chi connectivity index (χ3n) is 9.07. The van der Waals surface area contributed by atoms with Gasteiger partial charge in [-0.05, 0) is 85.6 Å². The molecule has 2 aromatic carbocycles. The molecule has 1 aliphatic heterocycles. The minimum absolute atomic E-state index is 0.0597. The van der Waals surface area contributed by atoms with Crippen molar-refractivity contribution in [1.29, 1.82) is 0 Å². The molecular weight excluding hydrogens is 566 g/mol. The number of benzene rings is 2. The molecule has 0 atom stereocenters. The van der Waals surface area contributed by atoms with Crippen LogP contribution in [0.15, 0.2) is 24.3 Å².